The average Bonchev–Trinajstić information content (AvgIpc) is 2.80. The van der Waals surface area contributed by atoms with Crippen LogP contribution in [0.3, 0.4) is 0 Å². The van der Waals surface area contributed by atoms with Gasteiger partial charge < -0.3 is 4.55 Å². The fraction of sp³-hybridized carbons (Fsp3) is 1.00. The van der Waals surface area contributed by atoms with E-state index in [9.17, 15) is 13.0 Å². The monoisotopic (exact) mass is 526 g/mol. The van der Waals surface area contributed by atoms with Crippen LogP contribution in [0.15, 0.2) is 0 Å². The second kappa shape index (κ2) is 29.4. The quantitative estimate of drug-likeness (QED) is 0.0482. The van der Waals surface area contributed by atoms with Gasteiger partial charge in [-0.15, -0.1) is 0 Å². The Balaban J connectivity index is 0. The molecule has 0 aromatic heterocycles. The molecule has 0 N–H and O–H groups in total. The van der Waals surface area contributed by atoms with E-state index < -0.39 is 10.4 Å². The molecular formula is C29H59NaO4S. The molecule has 0 saturated carbocycles. The Morgan fingerprint density at radius 2 is 0.771 bits per heavy atom. The molecule has 0 amide bonds. The van der Waals surface area contributed by atoms with E-state index in [1.807, 2.05) is 0 Å². The van der Waals surface area contributed by atoms with Crippen LogP contribution in [0.25, 0.3) is 0 Å². The van der Waals surface area contributed by atoms with Gasteiger partial charge in [0.2, 0.25) is 10.4 Å². The van der Waals surface area contributed by atoms with Crippen molar-refractivity contribution in [1.29, 1.82) is 0 Å². The molecule has 0 aliphatic carbocycles. The van der Waals surface area contributed by atoms with Crippen molar-refractivity contribution in [1.82, 2.24) is 0 Å². The SMILES string of the molecule is CCCCCCCCCCCCCCCCCCCC(CCCCCCCC)COS(=O)(=O)[O-].[Na+]. The van der Waals surface area contributed by atoms with E-state index in [-0.39, 0.29) is 42.1 Å². The second-order valence-electron chi connectivity index (χ2n) is 10.6. The van der Waals surface area contributed by atoms with Crippen LogP contribution in [0.5, 0.6) is 0 Å². The van der Waals surface area contributed by atoms with Gasteiger partial charge in [0.05, 0.1) is 6.61 Å². The van der Waals surface area contributed by atoms with Crippen LogP contribution in [0, 0.1) is 5.92 Å². The number of hydrogen-bond donors (Lipinski definition) is 0. The molecule has 1 unspecified atom stereocenters. The Labute approximate surface area is 242 Å². The summed E-state index contributed by atoms with van der Waals surface area (Å²) in [5, 5.41) is 0. The summed E-state index contributed by atoms with van der Waals surface area (Å²) in [6, 6.07) is 0. The van der Waals surface area contributed by atoms with E-state index in [2.05, 4.69) is 18.0 Å². The summed E-state index contributed by atoms with van der Waals surface area (Å²) < 4.78 is 37.1. The zero-order valence-corrected chi connectivity index (χ0v) is 26.8. The molecule has 0 aromatic rings. The van der Waals surface area contributed by atoms with Crippen molar-refractivity contribution in [2.24, 2.45) is 5.92 Å². The predicted octanol–water partition coefficient (Wildman–Crippen LogP) is 6.88. The molecule has 0 aromatic carbocycles. The van der Waals surface area contributed by atoms with E-state index in [0.29, 0.717) is 0 Å². The molecule has 0 aliphatic rings. The first kappa shape index (κ1) is 38.0. The van der Waals surface area contributed by atoms with Crippen LogP contribution >= 0.6 is 0 Å². The largest absolute Gasteiger partial charge is 1.00 e. The van der Waals surface area contributed by atoms with Gasteiger partial charge in [-0.25, -0.2) is 8.42 Å². The van der Waals surface area contributed by atoms with E-state index in [4.69, 9.17) is 0 Å². The molecule has 0 bridgehead atoms. The number of hydrogen-bond acceptors (Lipinski definition) is 4. The van der Waals surface area contributed by atoms with Crippen molar-refractivity contribution in [2.75, 3.05) is 6.61 Å². The molecule has 0 heterocycles. The smallest absolute Gasteiger partial charge is 0.726 e. The van der Waals surface area contributed by atoms with Crippen molar-refractivity contribution < 1.29 is 46.7 Å². The minimum absolute atomic E-state index is 0. The third-order valence-electron chi connectivity index (χ3n) is 7.13. The van der Waals surface area contributed by atoms with Gasteiger partial charge in [-0.2, -0.15) is 0 Å². The molecule has 0 saturated heterocycles. The van der Waals surface area contributed by atoms with Gasteiger partial charge in [-0.05, 0) is 18.8 Å². The fourth-order valence-corrected chi connectivity index (χ4v) is 5.22. The maximum Gasteiger partial charge on any atom is 1.00 e. The predicted molar refractivity (Wildman–Crippen MR) is 146 cm³/mol. The summed E-state index contributed by atoms with van der Waals surface area (Å²) in [5.41, 5.74) is 0. The van der Waals surface area contributed by atoms with E-state index >= 15 is 0 Å². The van der Waals surface area contributed by atoms with Crippen LogP contribution in [0.2, 0.25) is 0 Å². The molecule has 1 atom stereocenters. The Morgan fingerprint density at radius 1 is 0.514 bits per heavy atom. The molecule has 35 heavy (non-hydrogen) atoms. The Bertz CT molecular complexity index is 499. The van der Waals surface area contributed by atoms with Crippen LogP contribution in [0.4, 0.5) is 0 Å². The normalized spacial score (nSPS) is 12.5. The molecular weight excluding hydrogens is 467 g/mol. The van der Waals surface area contributed by atoms with Crippen molar-refractivity contribution in [3.8, 4) is 0 Å². The molecule has 6 heteroatoms. The molecule has 0 spiro atoms. The van der Waals surface area contributed by atoms with Crippen LogP contribution < -0.4 is 29.6 Å². The summed E-state index contributed by atoms with van der Waals surface area (Å²) >= 11 is 0. The van der Waals surface area contributed by atoms with Gasteiger partial charge in [0.15, 0.2) is 0 Å². The zero-order chi connectivity index (χ0) is 25.2. The Kier molecular flexibility index (Phi) is 32.0. The van der Waals surface area contributed by atoms with Gasteiger partial charge in [-0.3, -0.25) is 4.18 Å². The number of unbranched alkanes of at least 4 members (excludes halogenated alkanes) is 21. The Morgan fingerprint density at radius 3 is 1.03 bits per heavy atom. The van der Waals surface area contributed by atoms with Gasteiger partial charge in [0.25, 0.3) is 0 Å². The minimum atomic E-state index is -4.57. The summed E-state index contributed by atoms with van der Waals surface area (Å²) in [4.78, 5) is 0. The van der Waals surface area contributed by atoms with Gasteiger partial charge in [0.1, 0.15) is 0 Å². The third-order valence-corrected chi connectivity index (χ3v) is 7.55. The van der Waals surface area contributed by atoms with Gasteiger partial charge in [-0.1, -0.05) is 162 Å². The molecule has 0 rings (SSSR count). The summed E-state index contributed by atoms with van der Waals surface area (Å²) in [6.45, 7) is 4.57. The van der Waals surface area contributed by atoms with Gasteiger partial charge >= 0.3 is 29.6 Å². The van der Waals surface area contributed by atoms with Crippen LogP contribution in [-0.4, -0.2) is 19.6 Å². The zero-order valence-electron chi connectivity index (χ0n) is 24.0. The van der Waals surface area contributed by atoms with E-state index in [0.717, 1.165) is 25.7 Å². The van der Waals surface area contributed by atoms with Crippen LogP contribution in [0.1, 0.15) is 174 Å². The first-order chi connectivity index (χ1) is 16.5. The fourth-order valence-electron chi connectivity index (χ4n) is 4.86. The summed E-state index contributed by atoms with van der Waals surface area (Å²) in [6.07, 6.45) is 32.5. The third kappa shape index (κ3) is 32.8. The summed E-state index contributed by atoms with van der Waals surface area (Å²) in [7, 11) is -4.57. The first-order valence-electron chi connectivity index (χ1n) is 15.1. The van der Waals surface area contributed by atoms with Crippen molar-refractivity contribution in [3.63, 3.8) is 0 Å². The van der Waals surface area contributed by atoms with Crippen molar-refractivity contribution in [3.05, 3.63) is 0 Å². The maximum absolute atomic E-state index is 10.8. The van der Waals surface area contributed by atoms with E-state index in [1.165, 1.54) is 135 Å². The van der Waals surface area contributed by atoms with Crippen molar-refractivity contribution in [2.45, 2.75) is 174 Å². The molecule has 0 aliphatic heterocycles. The molecule has 0 radical (unpaired) electrons. The minimum Gasteiger partial charge on any atom is -0.726 e. The maximum atomic E-state index is 10.8. The standard InChI is InChI=1S/C29H60O4S.Na/c1-3-5-7-9-11-12-13-14-15-16-17-18-19-20-21-23-25-27-29(28-33-34(30,31)32)26-24-22-10-8-6-4-2;/h29H,3-28H2,1-2H3,(H,30,31,32);/q;+1/p-1. The first-order valence-corrected chi connectivity index (χ1v) is 16.4. The molecule has 4 nitrogen and oxygen atoms in total. The van der Waals surface area contributed by atoms with Gasteiger partial charge in [0, 0.05) is 0 Å². The molecule has 206 valence electrons. The number of rotatable bonds is 28. The van der Waals surface area contributed by atoms with E-state index in [1.54, 1.807) is 0 Å². The Hall–Kier alpha value is 0.870. The average molecular weight is 527 g/mol. The van der Waals surface area contributed by atoms with Crippen LogP contribution in [-0.2, 0) is 14.6 Å². The second-order valence-corrected chi connectivity index (χ2v) is 11.6. The summed E-state index contributed by atoms with van der Waals surface area (Å²) in [5.74, 6) is 0.200. The topological polar surface area (TPSA) is 66.4 Å². The molecule has 0 fully saturated rings. The van der Waals surface area contributed by atoms with Crippen molar-refractivity contribution >= 4 is 10.4 Å².